The fraction of sp³-hybridized carbons (Fsp3) is 0.250. The first-order valence-electron chi connectivity index (χ1n) is 5.27. The molecular weight excluding hydrogens is 274 g/mol. The summed E-state index contributed by atoms with van der Waals surface area (Å²) in [5, 5.41) is 16.6. The van der Waals surface area contributed by atoms with E-state index in [-0.39, 0.29) is 11.5 Å². The molecule has 1 N–H and O–H groups in total. The molecule has 1 rings (SSSR count). The van der Waals surface area contributed by atoms with Crippen LogP contribution in [0.15, 0.2) is 50.8 Å². The highest BCUT2D eigenvalue weighted by molar-refractivity contribution is 7.99. The summed E-state index contributed by atoms with van der Waals surface area (Å²) >= 11 is 0.432. The highest BCUT2D eigenvalue weighted by Gasteiger charge is 2.07. The molecule has 0 aromatic heterocycles. The third-order valence-corrected chi connectivity index (χ3v) is 2.73. The van der Waals surface area contributed by atoms with E-state index < -0.39 is 11.5 Å². The Morgan fingerprint density at radius 1 is 1.26 bits per heavy atom. The SMILES string of the molecule is CC(=O)/C(N=Nc1ccc(SC(F)F)cc1)=C(/C)O. The maximum Gasteiger partial charge on any atom is 0.288 e. The molecule has 0 unspecified atom stereocenters. The Kier molecular flexibility index (Phi) is 5.62. The number of nitrogens with zero attached hydrogens (tertiary/aromatic N) is 2. The summed E-state index contributed by atoms with van der Waals surface area (Å²) in [4.78, 5) is 11.5. The predicted molar refractivity (Wildman–Crippen MR) is 68.8 cm³/mol. The van der Waals surface area contributed by atoms with Gasteiger partial charge >= 0.3 is 0 Å². The molecule has 0 bridgehead atoms. The molecule has 0 aliphatic heterocycles. The van der Waals surface area contributed by atoms with Gasteiger partial charge < -0.3 is 5.11 Å². The maximum absolute atomic E-state index is 12.1. The Labute approximate surface area is 113 Å². The number of aliphatic hydroxyl groups is 1. The molecule has 1 aromatic rings. The van der Waals surface area contributed by atoms with Gasteiger partial charge in [0.1, 0.15) is 5.76 Å². The van der Waals surface area contributed by atoms with Crippen LogP contribution in [0.5, 0.6) is 0 Å². The van der Waals surface area contributed by atoms with Crippen molar-refractivity contribution in [3.63, 3.8) is 0 Å². The smallest absolute Gasteiger partial charge is 0.288 e. The van der Waals surface area contributed by atoms with Crippen LogP contribution < -0.4 is 0 Å². The molecule has 0 saturated carbocycles. The Balaban J connectivity index is 2.83. The number of hydrogen-bond acceptors (Lipinski definition) is 5. The Morgan fingerprint density at radius 3 is 2.26 bits per heavy atom. The molecule has 7 heteroatoms. The van der Waals surface area contributed by atoms with Crippen LogP contribution in [-0.2, 0) is 4.79 Å². The van der Waals surface area contributed by atoms with Gasteiger partial charge in [-0.25, -0.2) is 0 Å². The lowest BCUT2D eigenvalue weighted by Gasteiger charge is -2.00. The van der Waals surface area contributed by atoms with E-state index in [0.717, 1.165) is 0 Å². The zero-order valence-electron chi connectivity index (χ0n) is 10.3. The van der Waals surface area contributed by atoms with E-state index in [9.17, 15) is 18.7 Å². The lowest BCUT2D eigenvalue weighted by Crippen LogP contribution is -1.96. The van der Waals surface area contributed by atoms with E-state index in [1.165, 1.54) is 38.1 Å². The van der Waals surface area contributed by atoms with Crippen LogP contribution in [0.4, 0.5) is 14.5 Å². The van der Waals surface area contributed by atoms with E-state index in [4.69, 9.17) is 0 Å². The summed E-state index contributed by atoms with van der Waals surface area (Å²) in [7, 11) is 0. The minimum absolute atomic E-state index is 0.133. The first kappa shape index (κ1) is 15.3. The quantitative estimate of drug-likeness (QED) is 0.376. The van der Waals surface area contributed by atoms with Crippen LogP contribution in [0.2, 0.25) is 0 Å². The van der Waals surface area contributed by atoms with Gasteiger partial charge in [0.05, 0.1) is 5.69 Å². The van der Waals surface area contributed by atoms with E-state index in [1.54, 1.807) is 0 Å². The molecule has 0 amide bonds. The third kappa shape index (κ3) is 5.17. The molecule has 1 aromatic carbocycles. The van der Waals surface area contributed by atoms with Crippen molar-refractivity contribution in [2.45, 2.75) is 24.5 Å². The number of ketones is 1. The van der Waals surface area contributed by atoms with Crippen LogP contribution in [0.25, 0.3) is 0 Å². The Bertz CT molecular complexity index is 509. The molecule has 0 spiro atoms. The third-order valence-electron chi connectivity index (χ3n) is 2.00. The second kappa shape index (κ2) is 6.98. The summed E-state index contributed by atoms with van der Waals surface area (Å²) < 4.78 is 24.2. The highest BCUT2D eigenvalue weighted by Crippen LogP contribution is 2.27. The number of hydrogen-bond donors (Lipinski definition) is 1. The van der Waals surface area contributed by atoms with Crippen molar-refractivity contribution in [2.24, 2.45) is 10.2 Å². The van der Waals surface area contributed by atoms with Crippen molar-refractivity contribution in [1.82, 2.24) is 0 Å². The van der Waals surface area contributed by atoms with Gasteiger partial charge in [0.2, 0.25) is 0 Å². The molecule has 0 heterocycles. The summed E-state index contributed by atoms with van der Waals surface area (Å²) in [6, 6.07) is 5.96. The van der Waals surface area contributed by atoms with E-state index >= 15 is 0 Å². The molecule has 0 fully saturated rings. The largest absolute Gasteiger partial charge is 0.510 e. The van der Waals surface area contributed by atoms with Crippen LogP contribution in [0, 0.1) is 0 Å². The number of benzene rings is 1. The first-order valence-corrected chi connectivity index (χ1v) is 6.15. The number of aliphatic hydroxyl groups excluding tert-OH is 1. The number of rotatable bonds is 5. The van der Waals surface area contributed by atoms with Crippen LogP contribution in [0.3, 0.4) is 0 Å². The lowest BCUT2D eigenvalue weighted by atomic mass is 10.3. The fourth-order valence-corrected chi connectivity index (χ4v) is 1.70. The molecule has 4 nitrogen and oxygen atoms in total. The highest BCUT2D eigenvalue weighted by atomic mass is 32.2. The van der Waals surface area contributed by atoms with Gasteiger partial charge in [-0.1, -0.05) is 11.8 Å². The summed E-state index contributed by atoms with van der Waals surface area (Å²) in [6.07, 6.45) is 0. The van der Waals surface area contributed by atoms with Crippen molar-refractivity contribution >= 4 is 23.2 Å². The van der Waals surface area contributed by atoms with Gasteiger partial charge in [-0.05, 0) is 31.2 Å². The second-order valence-electron chi connectivity index (χ2n) is 3.56. The van der Waals surface area contributed by atoms with Gasteiger partial charge in [0.25, 0.3) is 5.76 Å². The van der Waals surface area contributed by atoms with Crippen molar-refractivity contribution in [3.8, 4) is 0 Å². The van der Waals surface area contributed by atoms with Gasteiger partial charge in [-0.2, -0.15) is 13.9 Å². The molecule has 19 heavy (non-hydrogen) atoms. The van der Waals surface area contributed by atoms with Crippen molar-refractivity contribution in [1.29, 1.82) is 0 Å². The number of halogens is 2. The topological polar surface area (TPSA) is 62.0 Å². The average Bonchev–Trinajstić information content (AvgIpc) is 2.29. The van der Waals surface area contributed by atoms with Crippen LogP contribution >= 0.6 is 11.8 Å². The monoisotopic (exact) mass is 286 g/mol. The summed E-state index contributed by atoms with van der Waals surface area (Å²) in [6.45, 7) is 2.59. The van der Waals surface area contributed by atoms with E-state index in [2.05, 4.69) is 10.2 Å². The molecule has 0 aliphatic carbocycles. The summed E-state index contributed by atoms with van der Waals surface area (Å²) in [5.74, 6) is -3.11. The van der Waals surface area contributed by atoms with Gasteiger partial charge in [-0.15, -0.1) is 5.11 Å². The van der Waals surface area contributed by atoms with Gasteiger partial charge in [-0.3, -0.25) is 4.79 Å². The maximum atomic E-state index is 12.1. The average molecular weight is 286 g/mol. The molecule has 0 saturated heterocycles. The minimum atomic E-state index is -2.48. The number of Topliss-reactive ketones (excluding diaryl/α,β-unsaturated/α-hetero) is 1. The number of carbonyl (C=O) groups excluding carboxylic acids is 1. The number of azo groups is 1. The van der Waals surface area contributed by atoms with Gasteiger partial charge in [0, 0.05) is 11.8 Å². The Hall–Kier alpha value is -1.76. The predicted octanol–water partition coefficient (Wildman–Crippen LogP) is 4.46. The van der Waals surface area contributed by atoms with Crippen LogP contribution in [-0.4, -0.2) is 16.6 Å². The Morgan fingerprint density at radius 2 is 1.84 bits per heavy atom. The van der Waals surface area contributed by atoms with Crippen molar-refractivity contribution < 1.29 is 18.7 Å². The number of carbonyl (C=O) groups is 1. The number of thioether (sulfide) groups is 1. The molecule has 0 atom stereocenters. The molecular formula is C12H12F2N2O2S. The zero-order chi connectivity index (χ0) is 14.4. The fourth-order valence-electron chi connectivity index (χ4n) is 1.20. The molecule has 0 aliphatic rings. The van der Waals surface area contributed by atoms with Crippen molar-refractivity contribution in [2.75, 3.05) is 0 Å². The number of alkyl halides is 2. The lowest BCUT2D eigenvalue weighted by molar-refractivity contribution is -0.113. The zero-order valence-corrected chi connectivity index (χ0v) is 11.1. The first-order chi connectivity index (χ1) is 8.90. The normalized spacial score (nSPS) is 12.9. The van der Waals surface area contributed by atoms with Crippen LogP contribution in [0.1, 0.15) is 13.8 Å². The summed E-state index contributed by atoms with van der Waals surface area (Å²) in [5.41, 5.74) is 0.268. The van der Waals surface area contributed by atoms with Gasteiger partial charge in [0.15, 0.2) is 11.5 Å². The minimum Gasteiger partial charge on any atom is -0.510 e. The standard InChI is InChI=1S/C12H12F2N2O2S/c1-7(17)11(8(2)18)16-15-9-3-5-10(6-4-9)19-12(13)14/h3-6,12,17H,1-2H3/b11-7+,16-15?. The second-order valence-corrected chi connectivity index (χ2v) is 4.63. The van der Waals surface area contributed by atoms with E-state index in [1.807, 2.05) is 0 Å². The molecule has 102 valence electrons. The molecule has 0 radical (unpaired) electrons. The van der Waals surface area contributed by atoms with Crippen molar-refractivity contribution in [3.05, 3.63) is 35.7 Å². The van der Waals surface area contributed by atoms with E-state index in [0.29, 0.717) is 22.3 Å². The number of allylic oxidation sites excluding steroid dienone is 2.